The highest BCUT2D eigenvalue weighted by Crippen LogP contribution is 2.28. The summed E-state index contributed by atoms with van der Waals surface area (Å²) in [7, 11) is 4.42. The number of rotatable bonds is 8. The van der Waals surface area contributed by atoms with Gasteiger partial charge in [-0.25, -0.2) is 0 Å². The van der Waals surface area contributed by atoms with Crippen molar-refractivity contribution < 1.29 is 9.53 Å². The minimum Gasteiger partial charge on any atom is -0.371 e. The first kappa shape index (κ1) is 26.8. The fourth-order valence-corrected chi connectivity index (χ4v) is 4.60. The number of carbonyl (C=O) groups excluding carboxylic acids is 1. The van der Waals surface area contributed by atoms with E-state index in [1.165, 1.54) is 16.7 Å². The number of likely N-dealkylation sites (N-methyl/N-ethyl adjacent to an activating group) is 1. The maximum atomic E-state index is 10.6. The molecule has 1 saturated heterocycles. The van der Waals surface area contributed by atoms with Crippen molar-refractivity contribution in [2.75, 3.05) is 33.8 Å². The number of ether oxygens (including phenoxy) is 1. The number of Topliss-reactive ketones (excluding diaryl/α,β-unsaturated/α-hetero) is 1. The quantitative estimate of drug-likeness (QED) is 0.425. The number of nitrogens with zero attached hydrogens (tertiary/aromatic N) is 1. The van der Waals surface area contributed by atoms with E-state index in [2.05, 4.69) is 85.8 Å². The van der Waals surface area contributed by atoms with Crippen molar-refractivity contribution in [3.63, 3.8) is 0 Å². The van der Waals surface area contributed by atoms with Gasteiger partial charge in [-0.1, -0.05) is 91.9 Å². The molecule has 2 atom stereocenters. The van der Waals surface area contributed by atoms with Crippen LogP contribution in [0.5, 0.6) is 0 Å². The second-order valence-electron chi connectivity index (χ2n) is 9.54. The molecule has 0 bridgehead atoms. The van der Waals surface area contributed by atoms with Crippen LogP contribution in [0.4, 0.5) is 0 Å². The molecule has 186 valence electrons. The molecule has 4 rings (SSSR count). The molecule has 1 fully saturated rings. The molecule has 35 heavy (non-hydrogen) atoms. The van der Waals surface area contributed by atoms with E-state index >= 15 is 0 Å². The average Bonchev–Trinajstić information content (AvgIpc) is 2.90. The summed E-state index contributed by atoms with van der Waals surface area (Å²) in [5.74, 6) is 0.121. The number of nitrogens with one attached hydrogen (secondary N) is 1. The van der Waals surface area contributed by atoms with Crippen molar-refractivity contribution in [2.45, 2.75) is 44.8 Å². The van der Waals surface area contributed by atoms with Crippen LogP contribution in [0.3, 0.4) is 0 Å². The standard InChI is InChI=1S/C23H32N2O.C8H8O/c1-4-23(25(2)3,16-19-8-6-5-7-9-19)17-20-10-12-21(13-11-20)22-18-24-14-15-26-22;1-7(9)8-5-3-2-4-6-8/h5-13,22,24H,4,14-18H2,1-3H3;2-6H,1H3. The highest BCUT2D eigenvalue weighted by Gasteiger charge is 2.31. The van der Waals surface area contributed by atoms with E-state index in [1.54, 1.807) is 6.92 Å². The Balaban J connectivity index is 0.000000320. The molecule has 0 aliphatic carbocycles. The summed E-state index contributed by atoms with van der Waals surface area (Å²) in [5, 5.41) is 3.41. The van der Waals surface area contributed by atoms with E-state index in [9.17, 15) is 4.79 Å². The monoisotopic (exact) mass is 472 g/mol. The maximum Gasteiger partial charge on any atom is 0.159 e. The molecule has 0 aromatic heterocycles. The van der Waals surface area contributed by atoms with Gasteiger partial charge in [0, 0.05) is 24.2 Å². The largest absolute Gasteiger partial charge is 0.371 e. The van der Waals surface area contributed by atoms with Crippen LogP contribution in [-0.4, -0.2) is 50.0 Å². The molecule has 0 saturated carbocycles. The Morgan fingerprint density at radius 1 is 0.914 bits per heavy atom. The van der Waals surface area contributed by atoms with Crippen LogP contribution in [0, 0.1) is 0 Å². The van der Waals surface area contributed by atoms with Gasteiger partial charge in [-0.3, -0.25) is 4.79 Å². The van der Waals surface area contributed by atoms with Crippen LogP contribution in [0.1, 0.15) is 53.4 Å². The van der Waals surface area contributed by atoms with Gasteiger partial charge in [0.15, 0.2) is 5.78 Å². The Kier molecular flexibility index (Phi) is 10.2. The SMILES string of the molecule is CC(=O)c1ccccc1.CCC(Cc1ccccc1)(Cc1ccc(C2CNCCO2)cc1)N(C)C. The predicted molar refractivity (Wildman–Crippen MR) is 145 cm³/mol. The van der Waals surface area contributed by atoms with Crippen LogP contribution >= 0.6 is 0 Å². The van der Waals surface area contributed by atoms with E-state index in [1.807, 2.05) is 30.3 Å². The highest BCUT2D eigenvalue weighted by molar-refractivity contribution is 5.93. The fraction of sp³-hybridized carbons (Fsp3) is 0.387. The number of hydrogen-bond donors (Lipinski definition) is 1. The van der Waals surface area contributed by atoms with Gasteiger partial charge < -0.3 is 15.0 Å². The van der Waals surface area contributed by atoms with Crippen molar-refractivity contribution in [3.05, 3.63) is 107 Å². The third-order valence-corrected chi connectivity index (χ3v) is 6.98. The zero-order valence-electron chi connectivity index (χ0n) is 21.7. The number of ketones is 1. The molecule has 0 radical (unpaired) electrons. The first-order valence-corrected chi connectivity index (χ1v) is 12.6. The van der Waals surface area contributed by atoms with E-state index in [0.717, 1.165) is 44.5 Å². The Morgan fingerprint density at radius 2 is 1.49 bits per heavy atom. The van der Waals surface area contributed by atoms with Crippen molar-refractivity contribution >= 4 is 5.78 Å². The Hall–Kier alpha value is -2.79. The fourth-order valence-electron chi connectivity index (χ4n) is 4.60. The molecule has 0 spiro atoms. The Labute approximate surface area is 211 Å². The van der Waals surface area contributed by atoms with Crippen LogP contribution in [0.25, 0.3) is 0 Å². The first-order valence-electron chi connectivity index (χ1n) is 12.6. The van der Waals surface area contributed by atoms with Gasteiger partial charge in [-0.15, -0.1) is 0 Å². The summed E-state index contributed by atoms with van der Waals surface area (Å²) >= 11 is 0. The summed E-state index contributed by atoms with van der Waals surface area (Å²) < 4.78 is 5.87. The summed E-state index contributed by atoms with van der Waals surface area (Å²) in [6.45, 7) is 6.52. The number of morpholine rings is 1. The van der Waals surface area contributed by atoms with Crippen LogP contribution < -0.4 is 5.32 Å². The van der Waals surface area contributed by atoms with Gasteiger partial charge >= 0.3 is 0 Å². The van der Waals surface area contributed by atoms with Gasteiger partial charge in [-0.05, 0) is 57.0 Å². The van der Waals surface area contributed by atoms with Gasteiger partial charge in [-0.2, -0.15) is 0 Å². The third kappa shape index (κ3) is 7.86. The molecule has 4 heteroatoms. The number of carbonyl (C=O) groups is 1. The second kappa shape index (κ2) is 13.3. The van der Waals surface area contributed by atoms with Crippen molar-refractivity contribution in [1.29, 1.82) is 0 Å². The van der Waals surface area contributed by atoms with Crippen molar-refractivity contribution in [2.24, 2.45) is 0 Å². The first-order chi connectivity index (χ1) is 16.9. The molecule has 1 heterocycles. The smallest absolute Gasteiger partial charge is 0.159 e. The lowest BCUT2D eigenvalue weighted by Gasteiger charge is -2.40. The molecule has 4 nitrogen and oxygen atoms in total. The van der Waals surface area contributed by atoms with E-state index in [-0.39, 0.29) is 17.4 Å². The van der Waals surface area contributed by atoms with Crippen LogP contribution in [0.15, 0.2) is 84.9 Å². The minimum atomic E-state index is 0.121. The zero-order valence-corrected chi connectivity index (χ0v) is 21.7. The van der Waals surface area contributed by atoms with Crippen molar-refractivity contribution in [1.82, 2.24) is 10.2 Å². The summed E-state index contributed by atoms with van der Waals surface area (Å²) in [5.41, 5.74) is 4.98. The third-order valence-electron chi connectivity index (χ3n) is 6.98. The molecule has 1 N–H and O–H groups in total. The molecule has 2 unspecified atom stereocenters. The van der Waals surface area contributed by atoms with Gasteiger partial charge in [0.25, 0.3) is 0 Å². The minimum absolute atomic E-state index is 0.121. The molecule has 3 aromatic rings. The molecular formula is C31H40N2O2. The predicted octanol–water partition coefficient (Wildman–Crippen LogP) is 5.73. The Bertz CT molecular complexity index is 1010. The van der Waals surface area contributed by atoms with Gasteiger partial charge in [0.05, 0.1) is 12.7 Å². The van der Waals surface area contributed by atoms with Crippen molar-refractivity contribution in [3.8, 4) is 0 Å². The van der Waals surface area contributed by atoms with Gasteiger partial charge in [0.2, 0.25) is 0 Å². The molecule has 0 amide bonds. The normalized spacial score (nSPS) is 17.2. The lowest BCUT2D eigenvalue weighted by molar-refractivity contribution is 0.0277. The zero-order chi connectivity index (χ0) is 25.1. The van der Waals surface area contributed by atoms with E-state index in [4.69, 9.17) is 4.74 Å². The summed E-state index contributed by atoms with van der Waals surface area (Å²) in [6.07, 6.45) is 3.42. The number of benzene rings is 3. The molecule has 1 aliphatic rings. The highest BCUT2D eigenvalue weighted by atomic mass is 16.5. The van der Waals surface area contributed by atoms with E-state index in [0.29, 0.717) is 0 Å². The average molecular weight is 473 g/mol. The molecular weight excluding hydrogens is 432 g/mol. The van der Waals surface area contributed by atoms with Crippen LogP contribution in [0.2, 0.25) is 0 Å². The lowest BCUT2D eigenvalue weighted by Crippen LogP contribution is -2.47. The topological polar surface area (TPSA) is 41.6 Å². The van der Waals surface area contributed by atoms with Gasteiger partial charge in [0.1, 0.15) is 0 Å². The van der Waals surface area contributed by atoms with Crippen LogP contribution in [-0.2, 0) is 17.6 Å². The summed E-state index contributed by atoms with van der Waals surface area (Å²) in [6, 6.07) is 29.1. The number of hydrogen-bond acceptors (Lipinski definition) is 4. The van der Waals surface area contributed by atoms with E-state index < -0.39 is 0 Å². The second-order valence-corrected chi connectivity index (χ2v) is 9.54. The molecule has 1 aliphatic heterocycles. The lowest BCUT2D eigenvalue weighted by atomic mass is 9.81. The Morgan fingerprint density at radius 3 is 1.94 bits per heavy atom. The summed E-state index contributed by atoms with van der Waals surface area (Å²) in [4.78, 5) is 13.1. The maximum absolute atomic E-state index is 10.6. The molecule has 3 aromatic carbocycles.